The third kappa shape index (κ3) is 4.63. The summed E-state index contributed by atoms with van der Waals surface area (Å²) in [6, 6.07) is 5.64. The van der Waals surface area contributed by atoms with Crippen molar-refractivity contribution < 1.29 is 14.6 Å². The van der Waals surface area contributed by atoms with E-state index in [1.165, 1.54) is 0 Å². The van der Waals surface area contributed by atoms with Crippen LogP contribution in [0.2, 0.25) is 0 Å². The molecule has 100 valence electrons. The van der Waals surface area contributed by atoms with Crippen molar-refractivity contribution in [3.8, 4) is 11.5 Å². The summed E-state index contributed by atoms with van der Waals surface area (Å²) in [5.41, 5.74) is 3.63. The minimum absolute atomic E-state index is 0.0603. The van der Waals surface area contributed by atoms with Gasteiger partial charge in [0.1, 0.15) is 0 Å². The van der Waals surface area contributed by atoms with E-state index in [2.05, 4.69) is 10.5 Å². The Morgan fingerprint density at radius 2 is 1.94 bits per heavy atom. The van der Waals surface area contributed by atoms with Crippen molar-refractivity contribution >= 4 is 6.21 Å². The van der Waals surface area contributed by atoms with Crippen LogP contribution in [0.5, 0.6) is 11.5 Å². The lowest BCUT2D eigenvalue weighted by atomic mass is 10.2. The molecule has 0 aliphatic heterocycles. The second-order valence-electron chi connectivity index (χ2n) is 3.46. The Morgan fingerprint density at radius 1 is 1.22 bits per heavy atom. The number of rotatable bonds is 8. The van der Waals surface area contributed by atoms with Crippen molar-refractivity contribution in [3.63, 3.8) is 0 Å². The SMILES string of the molecule is CCOc1ccc(C=NNCCO)cc1OCC. The molecule has 1 aromatic rings. The van der Waals surface area contributed by atoms with E-state index >= 15 is 0 Å². The molecule has 5 nitrogen and oxygen atoms in total. The third-order valence-electron chi connectivity index (χ3n) is 2.10. The summed E-state index contributed by atoms with van der Waals surface area (Å²) in [4.78, 5) is 0. The molecule has 0 spiro atoms. The highest BCUT2D eigenvalue weighted by Gasteiger charge is 2.04. The van der Waals surface area contributed by atoms with E-state index in [0.29, 0.717) is 25.5 Å². The van der Waals surface area contributed by atoms with E-state index in [1.54, 1.807) is 6.21 Å². The molecule has 0 saturated carbocycles. The van der Waals surface area contributed by atoms with Gasteiger partial charge in [-0.3, -0.25) is 0 Å². The van der Waals surface area contributed by atoms with Gasteiger partial charge in [0.2, 0.25) is 0 Å². The summed E-state index contributed by atoms with van der Waals surface area (Å²) in [6.07, 6.45) is 1.67. The monoisotopic (exact) mass is 252 g/mol. The van der Waals surface area contributed by atoms with E-state index in [0.717, 1.165) is 11.3 Å². The number of hydrogen-bond donors (Lipinski definition) is 2. The van der Waals surface area contributed by atoms with E-state index in [-0.39, 0.29) is 6.61 Å². The Hall–Kier alpha value is -1.75. The van der Waals surface area contributed by atoms with Gasteiger partial charge in [-0.15, -0.1) is 0 Å². The number of nitrogens with one attached hydrogen (secondary N) is 1. The number of nitrogens with zero attached hydrogens (tertiary/aromatic N) is 1. The second-order valence-corrected chi connectivity index (χ2v) is 3.46. The van der Waals surface area contributed by atoms with Crippen LogP contribution in [0.15, 0.2) is 23.3 Å². The molecule has 5 heteroatoms. The highest BCUT2D eigenvalue weighted by atomic mass is 16.5. The zero-order valence-corrected chi connectivity index (χ0v) is 10.8. The molecule has 0 radical (unpaired) electrons. The van der Waals surface area contributed by atoms with Gasteiger partial charge in [0.15, 0.2) is 11.5 Å². The van der Waals surface area contributed by atoms with Gasteiger partial charge in [-0.25, -0.2) is 0 Å². The van der Waals surface area contributed by atoms with Gasteiger partial charge in [0, 0.05) is 0 Å². The Balaban J connectivity index is 2.75. The maximum absolute atomic E-state index is 8.60. The first kappa shape index (κ1) is 14.3. The van der Waals surface area contributed by atoms with Crippen LogP contribution in [-0.2, 0) is 0 Å². The summed E-state index contributed by atoms with van der Waals surface area (Å²) < 4.78 is 11.0. The number of ether oxygens (including phenoxy) is 2. The van der Waals surface area contributed by atoms with Crippen molar-refractivity contribution in [3.05, 3.63) is 23.8 Å². The summed E-state index contributed by atoms with van der Waals surface area (Å²) >= 11 is 0. The average molecular weight is 252 g/mol. The van der Waals surface area contributed by atoms with Gasteiger partial charge >= 0.3 is 0 Å². The molecule has 0 saturated heterocycles. The van der Waals surface area contributed by atoms with Crippen LogP contribution in [0.4, 0.5) is 0 Å². The van der Waals surface area contributed by atoms with Crippen molar-refractivity contribution in [2.24, 2.45) is 5.10 Å². The van der Waals surface area contributed by atoms with E-state index < -0.39 is 0 Å². The van der Waals surface area contributed by atoms with Crippen molar-refractivity contribution in [1.82, 2.24) is 5.43 Å². The van der Waals surface area contributed by atoms with Crippen molar-refractivity contribution in [1.29, 1.82) is 0 Å². The van der Waals surface area contributed by atoms with Crippen LogP contribution in [0.25, 0.3) is 0 Å². The minimum atomic E-state index is 0.0603. The van der Waals surface area contributed by atoms with Crippen LogP contribution >= 0.6 is 0 Å². The molecule has 0 heterocycles. The predicted molar refractivity (Wildman–Crippen MR) is 71.5 cm³/mol. The summed E-state index contributed by atoms with van der Waals surface area (Å²) in [5.74, 6) is 1.45. The van der Waals surface area contributed by atoms with E-state index in [1.807, 2.05) is 32.0 Å². The highest BCUT2D eigenvalue weighted by molar-refractivity contribution is 5.80. The van der Waals surface area contributed by atoms with Crippen LogP contribution in [0, 0.1) is 0 Å². The van der Waals surface area contributed by atoms with E-state index in [4.69, 9.17) is 14.6 Å². The molecule has 0 bridgehead atoms. The topological polar surface area (TPSA) is 63.1 Å². The Morgan fingerprint density at radius 3 is 2.61 bits per heavy atom. The molecule has 0 aliphatic carbocycles. The van der Waals surface area contributed by atoms with Crippen LogP contribution in [0.1, 0.15) is 19.4 Å². The lowest BCUT2D eigenvalue weighted by Crippen LogP contribution is -2.11. The minimum Gasteiger partial charge on any atom is -0.490 e. The number of aliphatic hydroxyl groups excluding tert-OH is 1. The fourth-order valence-electron chi connectivity index (χ4n) is 1.38. The molecule has 2 N–H and O–H groups in total. The van der Waals surface area contributed by atoms with Gasteiger partial charge in [-0.05, 0) is 37.6 Å². The molecule has 18 heavy (non-hydrogen) atoms. The van der Waals surface area contributed by atoms with Gasteiger partial charge in [-0.1, -0.05) is 0 Å². The molecule has 0 atom stereocenters. The predicted octanol–water partition coefficient (Wildman–Crippen LogP) is 1.40. The fourth-order valence-corrected chi connectivity index (χ4v) is 1.38. The Labute approximate surface area is 107 Å². The maximum atomic E-state index is 8.60. The number of aliphatic hydroxyl groups is 1. The molecular weight excluding hydrogens is 232 g/mol. The third-order valence-corrected chi connectivity index (χ3v) is 2.10. The molecule has 1 rings (SSSR count). The highest BCUT2D eigenvalue weighted by Crippen LogP contribution is 2.27. The largest absolute Gasteiger partial charge is 0.490 e. The fraction of sp³-hybridized carbons (Fsp3) is 0.462. The molecule has 1 aromatic carbocycles. The van der Waals surface area contributed by atoms with Gasteiger partial charge in [0.25, 0.3) is 0 Å². The van der Waals surface area contributed by atoms with E-state index in [9.17, 15) is 0 Å². The van der Waals surface area contributed by atoms with Gasteiger partial charge in [-0.2, -0.15) is 5.10 Å². The zero-order chi connectivity index (χ0) is 13.2. The Kier molecular flexibility index (Phi) is 6.64. The Bertz CT molecular complexity index is 380. The second kappa shape index (κ2) is 8.36. The van der Waals surface area contributed by atoms with Crippen LogP contribution in [-0.4, -0.2) is 37.7 Å². The molecule has 0 aromatic heterocycles. The number of hydrogen-bond acceptors (Lipinski definition) is 5. The molecule has 0 unspecified atom stereocenters. The number of hydrazone groups is 1. The first-order chi connectivity index (χ1) is 8.81. The smallest absolute Gasteiger partial charge is 0.161 e. The van der Waals surface area contributed by atoms with Gasteiger partial charge in [0.05, 0.1) is 32.6 Å². The average Bonchev–Trinajstić information content (AvgIpc) is 2.38. The first-order valence-corrected chi connectivity index (χ1v) is 6.08. The molecule has 0 amide bonds. The number of benzene rings is 1. The molecule has 0 fully saturated rings. The zero-order valence-electron chi connectivity index (χ0n) is 10.8. The summed E-state index contributed by atoms with van der Waals surface area (Å²) in [5, 5.41) is 12.6. The van der Waals surface area contributed by atoms with Crippen LogP contribution in [0.3, 0.4) is 0 Å². The lowest BCUT2D eigenvalue weighted by molar-refractivity contribution is 0.287. The normalized spacial score (nSPS) is 10.6. The molecule has 0 aliphatic rings. The van der Waals surface area contributed by atoms with Gasteiger partial charge < -0.3 is 20.0 Å². The summed E-state index contributed by atoms with van der Waals surface area (Å²) in [7, 11) is 0. The first-order valence-electron chi connectivity index (χ1n) is 6.08. The quantitative estimate of drug-likeness (QED) is 0.417. The molecular formula is C13H20N2O3. The lowest BCUT2D eigenvalue weighted by Gasteiger charge is -2.11. The summed E-state index contributed by atoms with van der Waals surface area (Å²) in [6.45, 7) is 5.55. The van der Waals surface area contributed by atoms with Crippen molar-refractivity contribution in [2.75, 3.05) is 26.4 Å². The van der Waals surface area contributed by atoms with Crippen LogP contribution < -0.4 is 14.9 Å². The standard InChI is InChI=1S/C13H20N2O3/c1-3-17-12-6-5-11(9-13(12)18-4-2)10-15-14-7-8-16/h5-6,9-10,14,16H,3-4,7-8H2,1-2H3. The van der Waals surface area contributed by atoms with Crippen molar-refractivity contribution in [2.45, 2.75) is 13.8 Å². The maximum Gasteiger partial charge on any atom is 0.161 e.